The number of anilines is 1. The molecule has 5 heteroatoms. The van der Waals surface area contributed by atoms with Crippen molar-refractivity contribution in [3.63, 3.8) is 0 Å². The van der Waals surface area contributed by atoms with Gasteiger partial charge in [-0.15, -0.1) is 0 Å². The van der Waals surface area contributed by atoms with Crippen molar-refractivity contribution in [3.8, 4) is 0 Å². The zero-order chi connectivity index (χ0) is 15.6. The van der Waals surface area contributed by atoms with E-state index in [1.807, 2.05) is 44.1 Å². The molecule has 0 radical (unpaired) electrons. The summed E-state index contributed by atoms with van der Waals surface area (Å²) < 4.78 is 0. The molecule has 1 atom stereocenters. The predicted molar refractivity (Wildman–Crippen MR) is 81.6 cm³/mol. The van der Waals surface area contributed by atoms with Gasteiger partial charge in [0.05, 0.1) is 5.41 Å². The van der Waals surface area contributed by atoms with E-state index in [1.54, 1.807) is 11.0 Å². The summed E-state index contributed by atoms with van der Waals surface area (Å²) in [6.45, 7) is 2.67. The summed E-state index contributed by atoms with van der Waals surface area (Å²) in [6, 6.07) is 7.41. The maximum atomic E-state index is 12.6. The fraction of sp³-hybridized carbons (Fsp3) is 0.500. The minimum atomic E-state index is -0.803. The van der Waals surface area contributed by atoms with Gasteiger partial charge in [0, 0.05) is 38.4 Å². The van der Waals surface area contributed by atoms with Gasteiger partial charge in [-0.3, -0.25) is 9.59 Å². The lowest BCUT2D eigenvalue weighted by Crippen LogP contribution is -2.36. The molecule has 0 aromatic heterocycles. The maximum absolute atomic E-state index is 12.6. The molecule has 1 aliphatic rings. The normalized spacial score (nSPS) is 21.4. The molecule has 114 valence electrons. The van der Waals surface area contributed by atoms with Gasteiger partial charge in [0.1, 0.15) is 0 Å². The highest BCUT2D eigenvalue weighted by molar-refractivity contribution is 5.96. The lowest BCUT2D eigenvalue weighted by Gasteiger charge is -2.23. The monoisotopic (exact) mass is 290 g/mol. The molecule has 1 aliphatic heterocycles. The second-order valence-corrected chi connectivity index (χ2v) is 5.86. The van der Waals surface area contributed by atoms with Crippen LogP contribution in [0.2, 0.25) is 0 Å². The molecule has 1 N–H and O–H groups in total. The van der Waals surface area contributed by atoms with E-state index in [0.717, 1.165) is 5.69 Å². The van der Waals surface area contributed by atoms with Crippen molar-refractivity contribution < 1.29 is 14.7 Å². The highest BCUT2D eigenvalue weighted by Crippen LogP contribution is 2.35. The number of likely N-dealkylation sites (tertiary alicyclic amines) is 1. The van der Waals surface area contributed by atoms with E-state index < -0.39 is 11.4 Å². The first-order valence-corrected chi connectivity index (χ1v) is 7.20. The Morgan fingerprint density at radius 1 is 1.38 bits per heavy atom. The Bertz CT molecular complexity index is 556. The van der Waals surface area contributed by atoms with Crippen LogP contribution in [0.25, 0.3) is 0 Å². The van der Waals surface area contributed by atoms with Crippen molar-refractivity contribution >= 4 is 17.6 Å². The Morgan fingerprint density at radius 2 is 2.10 bits per heavy atom. The Morgan fingerprint density at radius 3 is 2.62 bits per heavy atom. The van der Waals surface area contributed by atoms with E-state index in [-0.39, 0.29) is 5.91 Å². The standard InChI is InChI=1S/C16H22N2O3/c1-4-16(15(20)21)8-9-18(11-16)14(19)12-6-5-7-13(10-12)17(2)3/h5-7,10H,4,8-9,11H2,1-3H3,(H,20,21). The van der Waals surface area contributed by atoms with Crippen LogP contribution >= 0.6 is 0 Å². The quantitative estimate of drug-likeness (QED) is 0.922. The number of amides is 1. The first-order valence-electron chi connectivity index (χ1n) is 7.20. The average molecular weight is 290 g/mol. The zero-order valence-electron chi connectivity index (χ0n) is 12.8. The summed E-state index contributed by atoms with van der Waals surface area (Å²) in [5.41, 5.74) is 0.785. The summed E-state index contributed by atoms with van der Waals surface area (Å²) in [5, 5.41) is 9.41. The van der Waals surface area contributed by atoms with Gasteiger partial charge in [-0.05, 0) is 31.0 Å². The van der Waals surface area contributed by atoms with Crippen molar-refractivity contribution in [2.75, 3.05) is 32.1 Å². The highest BCUT2D eigenvalue weighted by Gasteiger charge is 2.44. The molecule has 0 saturated carbocycles. The highest BCUT2D eigenvalue weighted by atomic mass is 16.4. The van der Waals surface area contributed by atoms with Crippen LogP contribution in [-0.2, 0) is 4.79 Å². The molecule has 1 fully saturated rings. The van der Waals surface area contributed by atoms with Crippen LogP contribution in [0.3, 0.4) is 0 Å². The summed E-state index contributed by atoms with van der Waals surface area (Å²) in [4.78, 5) is 27.6. The second kappa shape index (κ2) is 5.76. The number of carbonyl (C=O) groups excluding carboxylic acids is 1. The van der Waals surface area contributed by atoms with Crippen LogP contribution in [0.15, 0.2) is 24.3 Å². The third kappa shape index (κ3) is 2.86. The molecule has 0 bridgehead atoms. The third-order valence-electron chi connectivity index (χ3n) is 4.38. The summed E-state index contributed by atoms with van der Waals surface area (Å²) >= 11 is 0. The summed E-state index contributed by atoms with van der Waals surface area (Å²) in [7, 11) is 3.85. The van der Waals surface area contributed by atoms with Crippen LogP contribution < -0.4 is 4.90 Å². The number of carboxylic acid groups (broad SMARTS) is 1. The summed E-state index contributed by atoms with van der Waals surface area (Å²) in [6.07, 6.45) is 1.07. The lowest BCUT2D eigenvalue weighted by atomic mass is 9.84. The molecule has 1 heterocycles. The number of carboxylic acids is 1. The van der Waals surface area contributed by atoms with Gasteiger partial charge >= 0.3 is 5.97 Å². The van der Waals surface area contributed by atoms with Crippen molar-refractivity contribution in [1.29, 1.82) is 0 Å². The second-order valence-electron chi connectivity index (χ2n) is 5.86. The molecule has 1 amide bonds. The SMILES string of the molecule is CCC1(C(=O)O)CCN(C(=O)c2cccc(N(C)C)c2)C1. The molecule has 1 saturated heterocycles. The number of rotatable bonds is 4. The molecule has 1 aromatic carbocycles. The van der Waals surface area contributed by atoms with E-state index in [0.29, 0.717) is 31.5 Å². The fourth-order valence-corrected chi connectivity index (χ4v) is 2.76. The number of aliphatic carboxylic acids is 1. The number of nitrogens with zero attached hydrogens (tertiary/aromatic N) is 2. The van der Waals surface area contributed by atoms with Crippen LogP contribution in [0.5, 0.6) is 0 Å². The van der Waals surface area contributed by atoms with Crippen LogP contribution in [-0.4, -0.2) is 49.1 Å². The van der Waals surface area contributed by atoms with Crippen molar-refractivity contribution in [2.24, 2.45) is 5.41 Å². The van der Waals surface area contributed by atoms with Crippen LogP contribution in [0, 0.1) is 5.41 Å². The molecule has 0 spiro atoms. The van der Waals surface area contributed by atoms with Crippen molar-refractivity contribution in [3.05, 3.63) is 29.8 Å². The van der Waals surface area contributed by atoms with Gasteiger partial charge in [0.25, 0.3) is 5.91 Å². The van der Waals surface area contributed by atoms with Crippen LogP contribution in [0.1, 0.15) is 30.1 Å². The number of benzene rings is 1. The predicted octanol–water partition coefficient (Wildman–Crippen LogP) is 2.08. The summed E-state index contributed by atoms with van der Waals surface area (Å²) in [5.74, 6) is -0.891. The van der Waals surface area contributed by atoms with Gasteiger partial charge in [0.15, 0.2) is 0 Å². The van der Waals surface area contributed by atoms with E-state index >= 15 is 0 Å². The molecule has 1 unspecified atom stereocenters. The van der Waals surface area contributed by atoms with E-state index in [1.165, 1.54) is 0 Å². The third-order valence-corrected chi connectivity index (χ3v) is 4.38. The van der Waals surface area contributed by atoms with Crippen molar-refractivity contribution in [2.45, 2.75) is 19.8 Å². The minimum Gasteiger partial charge on any atom is -0.481 e. The molecular formula is C16H22N2O3. The van der Waals surface area contributed by atoms with Crippen LogP contribution in [0.4, 0.5) is 5.69 Å². The zero-order valence-corrected chi connectivity index (χ0v) is 12.8. The van der Waals surface area contributed by atoms with Gasteiger partial charge in [-0.1, -0.05) is 13.0 Å². The Labute approximate surface area is 125 Å². The number of hydrogen-bond acceptors (Lipinski definition) is 3. The van der Waals surface area contributed by atoms with E-state index in [2.05, 4.69) is 0 Å². The molecule has 5 nitrogen and oxygen atoms in total. The van der Waals surface area contributed by atoms with Crippen molar-refractivity contribution in [1.82, 2.24) is 4.90 Å². The van der Waals surface area contributed by atoms with E-state index in [4.69, 9.17) is 0 Å². The minimum absolute atomic E-state index is 0.0877. The first-order chi connectivity index (χ1) is 9.89. The molecule has 21 heavy (non-hydrogen) atoms. The first kappa shape index (κ1) is 15.4. The Balaban J connectivity index is 2.19. The number of carbonyl (C=O) groups is 2. The van der Waals surface area contributed by atoms with Gasteiger partial charge in [0.2, 0.25) is 0 Å². The molecular weight excluding hydrogens is 268 g/mol. The smallest absolute Gasteiger partial charge is 0.311 e. The Hall–Kier alpha value is -2.04. The molecule has 2 rings (SSSR count). The fourth-order valence-electron chi connectivity index (χ4n) is 2.76. The topological polar surface area (TPSA) is 60.9 Å². The van der Waals surface area contributed by atoms with Gasteiger partial charge < -0.3 is 14.9 Å². The van der Waals surface area contributed by atoms with Gasteiger partial charge in [-0.2, -0.15) is 0 Å². The maximum Gasteiger partial charge on any atom is 0.311 e. The molecule has 1 aromatic rings. The van der Waals surface area contributed by atoms with Gasteiger partial charge in [-0.25, -0.2) is 0 Å². The average Bonchev–Trinajstić information content (AvgIpc) is 2.92. The molecule has 0 aliphatic carbocycles. The largest absolute Gasteiger partial charge is 0.481 e. The lowest BCUT2D eigenvalue weighted by molar-refractivity contribution is -0.148. The van der Waals surface area contributed by atoms with E-state index in [9.17, 15) is 14.7 Å². The number of hydrogen-bond donors (Lipinski definition) is 1. The Kier molecular flexibility index (Phi) is 4.21.